The van der Waals surface area contributed by atoms with Crippen molar-refractivity contribution < 1.29 is 47.9 Å². The summed E-state index contributed by atoms with van der Waals surface area (Å²) in [7, 11) is 0. The van der Waals surface area contributed by atoms with Crippen molar-refractivity contribution in [1.29, 1.82) is 0 Å². The van der Waals surface area contributed by atoms with Crippen LogP contribution in [0.3, 0.4) is 0 Å². The van der Waals surface area contributed by atoms with Crippen LogP contribution in [0.4, 0.5) is 0 Å². The molecule has 14 heteroatoms. The van der Waals surface area contributed by atoms with Crippen molar-refractivity contribution in [2.75, 3.05) is 0 Å². The average molecular weight is 1100 g/mol. The molecule has 440 valence electrons. The Morgan fingerprint density at radius 3 is 1.32 bits per heavy atom. The summed E-state index contributed by atoms with van der Waals surface area (Å²) in [6, 6.07) is 5.91. The molecule has 8 aliphatic rings. The zero-order valence-electron chi connectivity index (χ0n) is 48.8. The molecule has 8 fully saturated rings. The van der Waals surface area contributed by atoms with E-state index >= 15 is 0 Å². The molecular formula is C65H100N4O10. The Hall–Kier alpha value is -4.75. The minimum atomic E-state index is -0.509. The van der Waals surface area contributed by atoms with E-state index in [1.807, 2.05) is 20.8 Å². The normalized spacial score (nSPS) is 24.3. The number of hydrogen-bond acceptors (Lipinski definition) is 10. The van der Waals surface area contributed by atoms with Gasteiger partial charge in [0.2, 0.25) is 17.7 Å². The van der Waals surface area contributed by atoms with Crippen molar-refractivity contribution >= 4 is 52.7 Å². The lowest BCUT2D eigenvalue weighted by Crippen LogP contribution is -2.46. The van der Waals surface area contributed by atoms with Gasteiger partial charge in [0.1, 0.15) is 5.60 Å². The van der Waals surface area contributed by atoms with E-state index in [1.165, 1.54) is 135 Å². The molecule has 4 N–H and O–H groups in total. The van der Waals surface area contributed by atoms with Gasteiger partial charge in [-0.15, -0.1) is 0 Å². The first-order valence-corrected chi connectivity index (χ1v) is 31.6. The van der Waals surface area contributed by atoms with Crippen LogP contribution in [-0.2, 0) is 49.5 Å². The first-order chi connectivity index (χ1) is 38.0. The van der Waals surface area contributed by atoms with Gasteiger partial charge in [-0.3, -0.25) is 43.2 Å². The van der Waals surface area contributed by atoms with Crippen LogP contribution in [0, 0.1) is 29.6 Å². The molecule has 0 spiro atoms. The van der Waals surface area contributed by atoms with Gasteiger partial charge in [0, 0.05) is 50.0 Å². The Morgan fingerprint density at radius 1 is 0.481 bits per heavy atom. The second-order valence-corrected chi connectivity index (χ2v) is 25.6. The summed E-state index contributed by atoms with van der Waals surface area (Å²) in [4.78, 5) is 107. The number of ether oxygens (including phenoxy) is 1. The van der Waals surface area contributed by atoms with Gasteiger partial charge in [-0.1, -0.05) is 102 Å². The molecule has 14 nitrogen and oxygen atoms in total. The zero-order valence-corrected chi connectivity index (χ0v) is 48.8. The van der Waals surface area contributed by atoms with E-state index in [0.717, 1.165) is 62.8 Å². The van der Waals surface area contributed by atoms with E-state index in [2.05, 4.69) is 21.3 Å². The van der Waals surface area contributed by atoms with Crippen LogP contribution in [0.2, 0.25) is 0 Å². The number of Topliss-reactive ketones (excluding diaryl/α,β-unsaturated/α-hetero) is 4. The Balaban J connectivity index is 0.000000172. The molecule has 0 aromatic heterocycles. The lowest BCUT2D eigenvalue weighted by molar-refractivity contribution is -0.154. The molecule has 4 amide bonds. The zero-order chi connectivity index (χ0) is 56.6. The maximum absolute atomic E-state index is 13.0. The number of ketones is 4. The number of amides is 4. The fourth-order valence-corrected chi connectivity index (χ4v) is 13.7. The predicted octanol–water partition coefficient (Wildman–Crippen LogP) is 11.6. The van der Waals surface area contributed by atoms with Crippen molar-refractivity contribution in [2.45, 2.75) is 288 Å². The second-order valence-electron chi connectivity index (χ2n) is 25.6. The lowest BCUT2D eigenvalue weighted by atomic mass is 9.69. The Morgan fingerprint density at radius 2 is 0.886 bits per heavy atom. The van der Waals surface area contributed by atoms with Crippen LogP contribution in [-0.4, -0.2) is 82.5 Å². The van der Waals surface area contributed by atoms with Gasteiger partial charge in [-0.2, -0.15) is 0 Å². The first kappa shape index (κ1) is 63.4. The molecule has 0 saturated heterocycles. The highest BCUT2D eigenvalue weighted by Crippen LogP contribution is 2.40. The fraction of sp³-hybridized carbons (Fsp3) is 0.769. The molecule has 4 atom stereocenters. The van der Waals surface area contributed by atoms with Gasteiger partial charge >= 0.3 is 5.97 Å². The molecular weight excluding hydrogens is 997 g/mol. The minimum absolute atomic E-state index is 0.0751. The molecule has 1 aromatic carbocycles. The summed E-state index contributed by atoms with van der Waals surface area (Å²) in [5.74, 6) is 3.31. The highest BCUT2D eigenvalue weighted by atomic mass is 16.6. The van der Waals surface area contributed by atoms with Crippen molar-refractivity contribution in [2.24, 2.45) is 29.6 Å². The molecule has 0 unspecified atom stereocenters. The summed E-state index contributed by atoms with van der Waals surface area (Å²) in [6.07, 6.45) is 38.6. The molecule has 8 saturated carbocycles. The van der Waals surface area contributed by atoms with Crippen LogP contribution in [0.1, 0.15) is 268 Å². The van der Waals surface area contributed by atoms with Crippen LogP contribution in [0.25, 0.3) is 0 Å². The summed E-state index contributed by atoms with van der Waals surface area (Å²) in [5, 5.41) is 11.7. The third kappa shape index (κ3) is 22.6. The van der Waals surface area contributed by atoms with Gasteiger partial charge in [0.05, 0.1) is 30.6 Å². The van der Waals surface area contributed by atoms with Gasteiger partial charge in [0.15, 0.2) is 23.1 Å². The molecule has 0 bridgehead atoms. The number of rotatable bonds is 16. The first-order valence-electron chi connectivity index (χ1n) is 31.6. The monoisotopic (exact) mass is 1100 g/mol. The molecule has 0 heterocycles. The fourth-order valence-electron chi connectivity index (χ4n) is 13.7. The van der Waals surface area contributed by atoms with E-state index in [9.17, 15) is 43.2 Å². The van der Waals surface area contributed by atoms with Crippen LogP contribution in [0.5, 0.6) is 0 Å². The summed E-state index contributed by atoms with van der Waals surface area (Å²) in [6.45, 7) is 5.47. The van der Waals surface area contributed by atoms with Crippen molar-refractivity contribution in [3.8, 4) is 0 Å². The molecule has 9 rings (SSSR count). The molecule has 79 heavy (non-hydrogen) atoms. The predicted molar refractivity (Wildman–Crippen MR) is 307 cm³/mol. The molecule has 0 radical (unpaired) electrons. The number of hydrogen-bond donors (Lipinski definition) is 4. The smallest absolute Gasteiger partial charge is 0.310 e. The number of benzene rings is 1. The van der Waals surface area contributed by atoms with Crippen LogP contribution >= 0.6 is 0 Å². The van der Waals surface area contributed by atoms with Gasteiger partial charge in [-0.25, -0.2) is 0 Å². The van der Waals surface area contributed by atoms with Crippen LogP contribution < -0.4 is 21.3 Å². The third-order valence-corrected chi connectivity index (χ3v) is 18.1. The Labute approximate surface area is 473 Å². The van der Waals surface area contributed by atoms with Crippen molar-refractivity contribution in [3.63, 3.8) is 0 Å². The molecule has 1 aromatic rings. The summed E-state index contributed by atoms with van der Waals surface area (Å²) < 4.78 is 5.26. The Bertz CT molecular complexity index is 2130. The minimum Gasteiger partial charge on any atom is -0.460 e. The number of carbonyl (C=O) groups is 9. The summed E-state index contributed by atoms with van der Waals surface area (Å²) in [5.41, 5.74) is 0.760. The second kappa shape index (κ2) is 33.2. The average Bonchev–Trinajstić information content (AvgIpc) is 4.25. The van der Waals surface area contributed by atoms with Crippen LogP contribution in [0.15, 0.2) is 24.3 Å². The topological polar surface area (TPSA) is 211 Å². The van der Waals surface area contributed by atoms with E-state index in [4.69, 9.17) is 4.74 Å². The van der Waals surface area contributed by atoms with Gasteiger partial charge in [-0.05, 0) is 165 Å². The third-order valence-electron chi connectivity index (χ3n) is 18.1. The molecule has 8 aliphatic carbocycles. The standard InChI is InChI=1S/C19H31NO2.C18H23NO4.C15H25NO2.C13H21NO2/c21-17-13-7-12-16(17)20-19(22)18(14-8-3-1-4-9-14)15-10-5-2-6-11-15;1-18(2,3)23-16(21)11-12-7-9-13(10-8-12)17(22)19-14-5-4-6-15(14)20;17-14-10-5-9-13(14)16-15(18)11-4-8-12-6-2-1-3-7-12;15-12-8-4-7-11(12)14-13(16)9-10-5-2-1-3-6-10/h14-16,18H,1-13H2,(H,20,22);7-10,14H,4-6,11H2,1-3H3,(H,19,22);12-13H,1-11H2,(H,16,18);10-11H,1-9H2,(H,14,16)/t16-;14-;13-;11-/m1111/s1. The Kier molecular flexibility index (Phi) is 26.7. The number of esters is 1. The highest BCUT2D eigenvalue weighted by molar-refractivity contribution is 5.98. The SMILES string of the molecule is CC(C)(C)OC(=O)Cc1ccc(C(=O)N[C@@H]2CCCC2=O)cc1.O=C(CC1CCCCC1)N[C@@H]1CCCC1=O.O=C(CCCC1CCCCC1)N[C@@H]1CCCC1=O.O=C(N[C@@H]1CCCC1=O)C(C1CCCCC1)C1CCCCC1. The lowest BCUT2D eigenvalue weighted by Gasteiger charge is -2.37. The maximum atomic E-state index is 13.0. The van der Waals surface area contributed by atoms with E-state index < -0.39 is 5.60 Å². The van der Waals surface area contributed by atoms with E-state index in [0.29, 0.717) is 68.3 Å². The number of nitrogens with one attached hydrogen (secondary N) is 4. The summed E-state index contributed by atoms with van der Waals surface area (Å²) >= 11 is 0. The van der Waals surface area contributed by atoms with Crippen molar-refractivity contribution in [1.82, 2.24) is 21.3 Å². The maximum Gasteiger partial charge on any atom is 0.310 e. The van der Waals surface area contributed by atoms with E-state index in [1.54, 1.807) is 24.3 Å². The van der Waals surface area contributed by atoms with Gasteiger partial charge < -0.3 is 26.0 Å². The molecule has 0 aliphatic heterocycles. The highest BCUT2D eigenvalue weighted by Gasteiger charge is 2.39. The van der Waals surface area contributed by atoms with E-state index in [-0.39, 0.29) is 89.2 Å². The quantitative estimate of drug-likeness (QED) is 0.115. The van der Waals surface area contributed by atoms with Crippen molar-refractivity contribution in [3.05, 3.63) is 35.4 Å². The largest absolute Gasteiger partial charge is 0.460 e. The number of carbonyl (C=O) groups excluding carboxylic acids is 9. The van der Waals surface area contributed by atoms with Gasteiger partial charge in [0.25, 0.3) is 5.91 Å².